The molecule has 1 fully saturated rings. The van der Waals surface area contributed by atoms with Crippen LogP contribution in [0.1, 0.15) is 40.9 Å². The zero-order valence-corrected chi connectivity index (χ0v) is 20.8. The predicted molar refractivity (Wildman–Crippen MR) is 137 cm³/mol. The molecule has 0 bridgehead atoms. The number of hydrogen-bond donors (Lipinski definition) is 1. The van der Waals surface area contributed by atoms with E-state index in [0.29, 0.717) is 19.6 Å². The Morgan fingerprint density at radius 1 is 0.971 bits per heavy atom. The molecule has 0 aliphatic carbocycles. The number of aliphatic hydroxyl groups excluding tert-OH is 1. The van der Waals surface area contributed by atoms with Crippen molar-refractivity contribution in [2.24, 2.45) is 0 Å². The Morgan fingerprint density at radius 2 is 1.71 bits per heavy atom. The van der Waals surface area contributed by atoms with Crippen molar-refractivity contribution >= 4 is 11.6 Å². The number of likely N-dealkylation sites (N-methyl/N-ethyl adjacent to an activating group) is 1. The number of carbonyl (C=O) groups is 1. The summed E-state index contributed by atoms with van der Waals surface area (Å²) in [6, 6.07) is 14.9. The van der Waals surface area contributed by atoms with Gasteiger partial charge >= 0.3 is 0 Å². The van der Waals surface area contributed by atoms with Gasteiger partial charge in [-0.3, -0.25) is 9.69 Å². The lowest BCUT2D eigenvalue weighted by Gasteiger charge is -2.42. The molecule has 2 aromatic carbocycles. The van der Waals surface area contributed by atoms with Crippen LogP contribution in [0.4, 0.5) is 5.69 Å². The second kappa shape index (κ2) is 9.33. The summed E-state index contributed by atoms with van der Waals surface area (Å²) in [7, 11) is 2.17. The van der Waals surface area contributed by atoms with Crippen molar-refractivity contribution in [2.75, 3.05) is 64.3 Å². The highest BCUT2D eigenvalue weighted by atomic mass is 16.3. The van der Waals surface area contributed by atoms with Gasteiger partial charge in [0, 0.05) is 75.6 Å². The molecule has 0 aromatic heterocycles. The number of rotatable bonds is 5. The number of piperazine rings is 1. The van der Waals surface area contributed by atoms with Gasteiger partial charge in [0.1, 0.15) is 0 Å². The highest BCUT2D eigenvalue weighted by Gasteiger charge is 2.38. The van der Waals surface area contributed by atoms with Crippen LogP contribution >= 0.6 is 0 Å². The summed E-state index contributed by atoms with van der Waals surface area (Å²) < 4.78 is 0. The van der Waals surface area contributed by atoms with Crippen molar-refractivity contribution in [3.63, 3.8) is 0 Å². The highest BCUT2D eigenvalue weighted by molar-refractivity contribution is 5.98. The number of amides is 1. The molecule has 3 heterocycles. The number of anilines is 1. The molecule has 0 radical (unpaired) electrons. The van der Waals surface area contributed by atoms with Crippen LogP contribution < -0.4 is 4.90 Å². The Labute approximate surface area is 203 Å². The number of fused-ring (bicyclic) bond motifs is 2. The maximum atomic E-state index is 13.4. The lowest BCUT2D eigenvalue weighted by Crippen LogP contribution is -2.51. The van der Waals surface area contributed by atoms with Crippen LogP contribution in [0.2, 0.25) is 0 Å². The lowest BCUT2D eigenvalue weighted by molar-refractivity contribution is 0.0431. The van der Waals surface area contributed by atoms with Gasteiger partial charge in [-0.2, -0.15) is 0 Å². The monoisotopic (exact) mass is 462 g/mol. The summed E-state index contributed by atoms with van der Waals surface area (Å²) in [6.07, 6.45) is 0.456. The molecule has 3 aliphatic rings. The number of hydrogen-bond acceptors (Lipinski definition) is 5. The van der Waals surface area contributed by atoms with Crippen LogP contribution in [-0.4, -0.2) is 91.2 Å². The van der Waals surface area contributed by atoms with E-state index in [1.165, 1.54) is 16.8 Å². The van der Waals surface area contributed by atoms with E-state index in [1.807, 2.05) is 11.0 Å². The molecule has 2 aromatic rings. The fraction of sp³-hybridized carbons (Fsp3) is 0.536. The molecule has 1 amide bonds. The lowest BCUT2D eigenvalue weighted by atomic mass is 9.77. The third kappa shape index (κ3) is 4.72. The van der Waals surface area contributed by atoms with Gasteiger partial charge in [-0.05, 0) is 48.4 Å². The van der Waals surface area contributed by atoms with E-state index in [1.54, 1.807) is 0 Å². The summed E-state index contributed by atoms with van der Waals surface area (Å²) in [4.78, 5) is 22.4. The SMILES string of the molecule is CN1CCN(c2ccc3c(c2)C(C)(C)CN(CC(O)CN2CCc4ccccc4C2)C3=O)CC1. The van der Waals surface area contributed by atoms with Crippen molar-refractivity contribution < 1.29 is 9.90 Å². The van der Waals surface area contributed by atoms with Crippen LogP contribution in [-0.2, 0) is 18.4 Å². The molecule has 0 spiro atoms. The quantitative estimate of drug-likeness (QED) is 0.740. The van der Waals surface area contributed by atoms with Crippen LogP contribution in [0.3, 0.4) is 0 Å². The molecule has 6 heteroatoms. The average Bonchev–Trinajstić information content (AvgIpc) is 2.82. The Hall–Kier alpha value is -2.41. The number of β-amino-alcohol motifs (C(OH)–C–C–N with tert-alkyl or cyclic N) is 1. The van der Waals surface area contributed by atoms with Crippen LogP contribution in [0.15, 0.2) is 42.5 Å². The number of carbonyl (C=O) groups excluding carboxylic acids is 1. The molecule has 34 heavy (non-hydrogen) atoms. The van der Waals surface area contributed by atoms with Gasteiger partial charge in [0.05, 0.1) is 6.10 Å². The van der Waals surface area contributed by atoms with Crippen LogP contribution in [0, 0.1) is 0 Å². The summed E-state index contributed by atoms with van der Waals surface area (Å²) >= 11 is 0. The molecule has 1 N–H and O–H groups in total. The van der Waals surface area contributed by atoms with Crippen LogP contribution in [0.25, 0.3) is 0 Å². The Balaban J connectivity index is 1.26. The zero-order chi connectivity index (χ0) is 23.9. The molecule has 5 rings (SSSR count). The van der Waals surface area contributed by atoms with E-state index < -0.39 is 6.10 Å². The zero-order valence-electron chi connectivity index (χ0n) is 20.8. The third-order valence-corrected chi connectivity index (χ3v) is 7.81. The minimum absolute atomic E-state index is 0.0438. The molecule has 1 saturated heterocycles. The maximum absolute atomic E-state index is 13.4. The molecule has 1 atom stereocenters. The van der Waals surface area contributed by atoms with Gasteiger partial charge < -0.3 is 19.8 Å². The highest BCUT2D eigenvalue weighted by Crippen LogP contribution is 2.36. The van der Waals surface area contributed by atoms with Crippen molar-refractivity contribution in [3.8, 4) is 0 Å². The van der Waals surface area contributed by atoms with E-state index >= 15 is 0 Å². The van der Waals surface area contributed by atoms with Crippen molar-refractivity contribution in [1.82, 2.24) is 14.7 Å². The summed E-state index contributed by atoms with van der Waals surface area (Å²) in [6.45, 7) is 12.0. The van der Waals surface area contributed by atoms with E-state index in [4.69, 9.17) is 0 Å². The second-order valence-electron chi connectivity index (χ2n) is 11.0. The number of nitrogens with zero attached hydrogens (tertiary/aromatic N) is 4. The second-order valence-corrected chi connectivity index (χ2v) is 11.0. The van der Waals surface area contributed by atoms with Gasteiger partial charge in [0.2, 0.25) is 0 Å². The molecule has 6 nitrogen and oxygen atoms in total. The van der Waals surface area contributed by atoms with E-state index in [9.17, 15) is 9.90 Å². The van der Waals surface area contributed by atoms with Crippen molar-refractivity contribution in [3.05, 3.63) is 64.7 Å². The first-order valence-corrected chi connectivity index (χ1v) is 12.6. The fourth-order valence-corrected chi connectivity index (χ4v) is 5.81. The van der Waals surface area contributed by atoms with E-state index in [-0.39, 0.29) is 11.3 Å². The van der Waals surface area contributed by atoms with Gasteiger partial charge in [-0.25, -0.2) is 0 Å². The molecule has 0 saturated carbocycles. The molecular weight excluding hydrogens is 424 g/mol. The molecule has 182 valence electrons. The molecular formula is C28H38N4O2. The Kier molecular flexibility index (Phi) is 6.40. The first-order valence-electron chi connectivity index (χ1n) is 12.6. The fourth-order valence-electron chi connectivity index (χ4n) is 5.81. The first kappa shape index (κ1) is 23.3. The largest absolute Gasteiger partial charge is 0.390 e. The summed E-state index contributed by atoms with van der Waals surface area (Å²) in [5, 5.41) is 10.9. The maximum Gasteiger partial charge on any atom is 0.254 e. The summed E-state index contributed by atoms with van der Waals surface area (Å²) in [5.74, 6) is 0.0438. The third-order valence-electron chi connectivity index (χ3n) is 7.81. The standard InChI is InChI=1S/C28H38N4O2/c1-28(2)20-32(19-24(33)18-30-11-10-21-6-4-5-7-22(21)17-30)27(34)25-9-8-23(16-26(25)28)31-14-12-29(3)13-15-31/h4-9,16,24,33H,10-15,17-20H2,1-3H3. The Morgan fingerprint density at radius 3 is 2.47 bits per heavy atom. The van der Waals surface area contributed by atoms with Crippen LogP contribution in [0.5, 0.6) is 0 Å². The number of aliphatic hydroxyl groups is 1. The summed E-state index contributed by atoms with van der Waals surface area (Å²) in [5.41, 5.74) is 5.73. The molecule has 3 aliphatic heterocycles. The van der Waals surface area contributed by atoms with E-state index in [2.05, 4.69) is 72.0 Å². The van der Waals surface area contributed by atoms with E-state index in [0.717, 1.165) is 56.8 Å². The average molecular weight is 463 g/mol. The first-order chi connectivity index (χ1) is 16.3. The smallest absolute Gasteiger partial charge is 0.254 e. The van der Waals surface area contributed by atoms with Crippen molar-refractivity contribution in [1.29, 1.82) is 0 Å². The molecule has 1 unspecified atom stereocenters. The van der Waals surface area contributed by atoms with Gasteiger partial charge in [0.25, 0.3) is 5.91 Å². The number of benzene rings is 2. The minimum Gasteiger partial charge on any atom is -0.390 e. The normalized spacial score (nSPS) is 21.8. The van der Waals surface area contributed by atoms with Gasteiger partial charge in [0.15, 0.2) is 0 Å². The minimum atomic E-state index is -0.559. The van der Waals surface area contributed by atoms with Gasteiger partial charge in [-0.15, -0.1) is 0 Å². The predicted octanol–water partition coefficient (Wildman–Crippen LogP) is 2.59. The van der Waals surface area contributed by atoms with Crippen molar-refractivity contribution in [2.45, 2.75) is 38.3 Å². The van der Waals surface area contributed by atoms with Gasteiger partial charge in [-0.1, -0.05) is 38.1 Å². The topological polar surface area (TPSA) is 50.3 Å². The Bertz CT molecular complexity index is 1040.